The van der Waals surface area contributed by atoms with E-state index in [2.05, 4.69) is 6.92 Å². The van der Waals surface area contributed by atoms with Gasteiger partial charge in [-0.3, -0.25) is 4.21 Å². The Balaban J connectivity index is 3.51. The van der Waals surface area contributed by atoms with E-state index in [1.54, 1.807) is 0 Å². The molecule has 3 heteroatoms. The van der Waals surface area contributed by atoms with Crippen LogP contribution < -0.4 is 0 Å². The lowest BCUT2D eigenvalue weighted by Crippen LogP contribution is -2.13. The molecule has 12 heavy (non-hydrogen) atoms. The zero-order valence-corrected chi connectivity index (χ0v) is 8.69. The third-order valence-corrected chi connectivity index (χ3v) is 3.53. The Morgan fingerprint density at radius 1 is 1.50 bits per heavy atom. The van der Waals surface area contributed by atoms with Gasteiger partial charge in [-0.05, 0) is 13.3 Å². The molecule has 0 aromatic carbocycles. The van der Waals surface area contributed by atoms with Crippen molar-refractivity contribution < 1.29 is 4.21 Å². The molecule has 0 aromatic heterocycles. The van der Waals surface area contributed by atoms with Gasteiger partial charge in [0.2, 0.25) is 0 Å². The lowest BCUT2D eigenvalue weighted by molar-refractivity contribution is 0.666. The molecule has 0 rings (SSSR count). The number of hydrogen-bond donors (Lipinski definition) is 0. The highest BCUT2D eigenvalue weighted by Gasteiger charge is 2.09. The van der Waals surface area contributed by atoms with E-state index in [0.29, 0.717) is 6.42 Å². The van der Waals surface area contributed by atoms with Crippen molar-refractivity contribution in [1.82, 2.24) is 0 Å². The first-order valence-electron chi connectivity index (χ1n) is 4.46. The van der Waals surface area contributed by atoms with Gasteiger partial charge in [0.25, 0.3) is 0 Å². The van der Waals surface area contributed by atoms with Gasteiger partial charge in [0.15, 0.2) is 0 Å². The van der Waals surface area contributed by atoms with Gasteiger partial charge in [-0.25, -0.2) is 0 Å². The molecule has 2 nitrogen and oxygen atoms in total. The maximum Gasteiger partial charge on any atom is 0.0634 e. The zero-order chi connectivity index (χ0) is 9.40. The molecule has 0 N–H and O–H groups in total. The monoisotopic (exact) mass is 187 g/mol. The quantitative estimate of drug-likeness (QED) is 0.598. The minimum atomic E-state index is -0.789. The smallest absolute Gasteiger partial charge is 0.0634 e. The van der Waals surface area contributed by atoms with Gasteiger partial charge in [-0.2, -0.15) is 5.26 Å². The van der Waals surface area contributed by atoms with Gasteiger partial charge < -0.3 is 0 Å². The van der Waals surface area contributed by atoms with Crippen LogP contribution in [0.5, 0.6) is 0 Å². The molecule has 0 aliphatic rings. The van der Waals surface area contributed by atoms with Crippen molar-refractivity contribution in [1.29, 1.82) is 5.26 Å². The molecule has 0 amide bonds. The maximum absolute atomic E-state index is 11.4. The van der Waals surface area contributed by atoms with Crippen LogP contribution in [0, 0.1) is 11.3 Å². The van der Waals surface area contributed by atoms with Gasteiger partial charge in [0.05, 0.1) is 6.07 Å². The summed E-state index contributed by atoms with van der Waals surface area (Å²) in [4.78, 5) is 0. The first-order chi connectivity index (χ1) is 5.72. The van der Waals surface area contributed by atoms with Gasteiger partial charge in [0.1, 0.15) is 0 Å². The van der Waals surface area contributed by atoms with E-state index in [1.165, 1.54) is 0 Å². The van der Waals surface area contributed by atoms with Crippen LogP contribution in [-0.4, -0.2) is 15.2 Å². The Hall–Kier alpha value is -0.360. The topological polar surface area (TPSA) is 40.9 Å². The van der Waals surface area contributed by atoms with Crippen LogP contribution in [-0.2, 0) is 10.8 Å². The van der Waals surface area contributed by atoms with Crippen molar-refractivity contribution in [2.75, 3.05) is 5.75 Å². The Morgan fingerprint density at radius 2 is 2.17 bits per heavy atom. The van der Waals surface area contributed by atoms with E-state index < -0.39 is 10.8 Å². The van der Waals surface area contributed by atoms with Crippen LogP contribution in [0.4, 0.5) is 0 Å². The highest BCUT2D eigenvalue weighted by molar-refractivity contribution is 7.85. The molecule has 0 fully saturated rings. The van der Waals surface area contributed by atoms with E-state index in [4.69, 9.17) is 5.26 Å². The second kappa shape index (κ2) is 7.30. The average molecular weight is 187 g/mol. The SMILES string of the molecule is CCCCCS(=O)C(C)CC#N. The predicted molar refractivity (Wildman–Crippen MR) is 52.2 cm³/mol. The summed E-state index contributed by atoms with van der Waals surface area (Å²) < 4.78 is 11.4. The Morgan fingerprint density at radius 3 is 2.67 bits per heavy atom. The van der Waals surface area contributed by atoms with Crippen molar-refractivity contribution >= 4 is 10.8 Å². The Kier molecular flexibility index (Phi) is 7.08. The van der Waals surface area contributed by atoms with Crippen molar-refractivity contribution in [3.8, 4) is 6.07 Å². The molecule has 0 aliphatic heterocycles. The van der Waals surface area contributed by atoms with Crippen molar-refractivity contribution in [3.05, 3.63) is 0 Å². The molecule has 0 aromatic rings. The zero-order valence-electron chi connectivity index (χ0n) is 7.88. The first kappa shape index (κ1) is 11.6. The lowest BCUT2D eigenvalue weighted by Gasteiger charge is -2.05. The predicted octanol–water partition coefficient (Wildman–Crippen LogP) is 2.23. The van der Waals surface area contributed by atoms with E-state index in [0.717, 1.165) is 25.0 Å². The summed E-state index contributed by atoms with van der Waals surface area (Å²) in [5, 5.41) is 8.42. The van der Waals surface area contributed by atoms with Crippen LogP contribution in [0.15, 0.2) is 0 Å². The fraction of sp³-hybridized carbons (Fsp3) is 0.889. The highest BCUT2D eigenvalue weighted by atomic mass is 32.2. The van der Waals surface area contributed by atoms with Crippen LogP contribution in [0.2, 0.25) is 0 Å². The number of rotatable bonds is 6. The molecule has 0 bridgehead atoms. The second-order valence-corrected chi connectivity index (χ2v) is 4.94. The molecule has 0 spiro atoms. The minimum absolute atomic E-state index is 0.0480. The van der Waals surface area contributed by atoms with Gasteiger partial charge in [-0.15, -0.1) is 0 Å². The van der Waals surface area contributed by atoms with E-state index in [-0.39, 0.29) is 5.25 Å². The molecule has 0 saturated carbocycles. The molecule has 0 heterocycles. The number of nitriles is 1. The molecule has 70 valence electrons. The maximum atomic E-state index is 11.4. The summed E-state index contributed by atoms with van der Waals surface area (Å²) in [6.07, 6.45) is 3.74. The molecule has 0 aliphatic carbocycles. The lowest BCUT2D eigenvalue weighted by atomic mass is 10.3. The number of hydrogen-bond acceptors (Lipinski definition) is 2. The molecule has 0 saturated heterocycles. The van der Waals surface area contributed by atoms with Gasteiger partial charge >= 0.3 is 0 Å². The third kappa shape index (κ3) is 5.31. The Labute approximate surface area is 77.4 Å². The fourth-order valence-electron chi connectivity index (χ4n) is 0.917. The van der Waals surface area contributed by atoms with Crippen molar-refractivity contribution in [3.63, 3.8) is 0 Å². The summed E-state index contributed by atoms with van der Waals surface area (Å²) in [7, 11) is -0.789. The summed E-state index contributed by atoms with van der Waals surface area (Å²) in [5.41, 5.74) is 0. The van der Waals surface area contributed by atoms with Crippen molar-refractivity contribution in [2.45, 2.75) is 44.8 Å². The molecule has 0 radical (unpaired) electrons. The molecular weight excluding hydrogens is 170 g/mol. The number of unbranched alkanes of at least 4 members (excludes halogenated alkanes) is 2. The molecule has 2 unspecified atom stereocenters. The van der Waals surface area contributed by atoms with Crippen molar-refractivity contribution in [2.24, 2.45) is 0 Å². The summed E-state index contributed by atoms with van der Waals surface area (Å²) in [6.45, 7) is 4.01. The molecule has 2 atom stereocenters. The van der Waals surface area contributed by atoms with E-state index >= 15 is 0 Å². The third-order valence-electron chi connectivity index (χ3n) is 1.78. The van der Waals surface area contributed by atoms with Crippen LogP contribution in [0.3, 0.4) is 0 Å². The summed E-state index contributed by atoms with van der Waals surface area (Å²) in [6, 6.07) is 2.05. The summed E-state index contributed by atoms with van der Waals surface area (Å²) in [5.74, 6) is 0.761. The highest BCUT2D eigenvalue weighted by Crippen LogP contribution is 2.04. The summed E-state index contributed by atoms with van der Waals surface area (Å²) >= 11 is 0. The fourth-order valence-corrected chi connectivity index (χ4v) is 2.07. The second-order valence-electron chi connectivity index (χ2n) is 2.96. The number of nitrogens with zero attached hydrogens (tertiary/aromatic N) is 1. The normalized spacial score (nSPS) is 15.1. The van der Waals surface area contributed by atoms with Crippen LogP contribution in [0.1, 0.15) is 39.5 Å². The first-order valence-corrected chi connectivity index (χ1v) is 5.84. The van der Waals surface area contributed by atoms with Gasteiger partial charge in [0, 0.05) is 28.2 Å². The Bertz CT molecular complexity index is 174. The standard InChI is InChI=1S/C9H17NOS/c1-3-4-5-8-12(11)9(2)6-7-10/h9H,3-6,8H2,1-2H3. The van der Waals surface area contributed by atoms with Crippen LogP contribution in [0.25, 0.3) is 0 Å². The molecular formula is C9H17NOS. The average Bonchev–Trinajstić information content (AvgIpc) is 2.05. The van der Waals surface area contributed by atoms with E-state index in [1.807, 2.05) is 13.0 Å². The van der Waals surface area contributed by atoms with E-state index in [9.17, 15) is 4.21 Å². The largest absolute Gasteiger partial charge is 0.259 e. The van der Waals surface area contributed by atoms with Gasteiger partial charge in [-0.1, -0.05) is 19.8 Å². The van der Waals surface area contributed by atoms with Crippen LogP contribution >= 0.6 is 0 Å². The minimum Gasteiger partial charge on any atom is -0.259 e.